The average Bonchev–Trinajstić information content (AvgIpc) is 2.23. The summed E-state index contributed by atoms with van der Waals surface area (Å²) in [6.45, 7) is 7.41. The zero-order valence-electron chi connectivity index (χ0n) is 9.25. The summed E-state index contributed by atoms with van der Waals surface area (Å²) in [5.74, 6) is 0.485. The fourth-order valence-corrected chi connectivity index (χ4v) is 1.36. The average molecular weight is 204 g/mol. The third-order valence-corrected chi connectivity index (χ3v) is 2.16. The Bertz CT molecular complexity index is 367. The van der Waals surface area contributed by atoms with E-state index < -0.39 is 0 Å². The van der Waals surface area contributed by atoms with Crippen LogP contribution in [0.5, 0.6) is 5.75 Å². The molecule has 15 heavy (non-hydrogen) atoms. The molecule has 0 aromatic heterocycles. The van der Waals surface area contributed by atoms with Crippen LogP contribution in [0.15, 0.2) is 30.9 Å². The number of ether oxygens (including phenoxy) is 1. The van der Waals surface area contributed by atoms with Crippen LogP contribution < -0.4 is 4.74 Å². The molecule has 0 atom stereocenters. The fraction of sp³-hybridized carbons (Fsp3) is 0.308. The van der Waals surface area contributed by atoms with Crippen molar-refractivity contribution in [3.63, 3.8) is 0 Å². The van der Waals surface area contributed by atoms with Crippen LogP contribution in [0.2, 0.25) is 0 Å². The molecule has 0 heterocycles. The first-order valence-corrected chi connectivity index (χ1v) is 5.09. The molecular formula is C13H16O2. The Morgan fingerprint density at radius 1 is 1.53 bits per heavy atom. The SMILES string of the molecule is C=CCc1cccc(C)c1OC(=O)CC. The van der Waals surface area contributed by atoms with Crippen LogP contribution in [0.25, 0.3) is 0 Å². The number of hydrogen-bond acceptors (Lipinski definition) is 2. The summed E-state index contributed by atoms with van der Waals surface area (Å²) in [5.41, 5.74) is 1.99. The Morgan fingerprint density at radius 2 is 2.27 bits per heavy atom. The first-order chi connectivity index (χ1) is 7.19. The van der Waals surface area contributed by atoms with E-state index in [9.17, 15) is 4.79 Å². The normalized spacial score (nSPS) is 9.73. The second-order valence-corrected chi connectivity index (χ2v) is 3.38. The van der Waals surface area contributed by atoms with E-state index >= 15 is 0 Å². The Kier molecular flexibility index (Phi) is 4.10. The molecule has 0 aliphatic carbocycles. The van der Waals surface area contributed by atoms with Gasteiger partial charge in [0, 0.05) is 6.42 Å². The Hall–Kier alpha value is -1.57. The Balaban J connectivity index is 3.01. The quantitative estimate of drug-likeness (QED) is 0.428. The molecule has 0 saturated heterocycles. The molecule has 1 aromatic carbocycles. The number of esters is 1. The Labute approximate surface area is 90.6 Å². The number of carbonyl (C=O) groups is 1. The molecule has 0 spiro atoms. The lowest BCUT2D eigenvalue weighted by atomic mass is 10.1. The third-order valence-electron chi connectivity index (χ3n) is 2.16. The van der Waals surface area contributed by atoms with Gasteiger partial charge >= 0.3 is 5.97 Å². The molecule has 1 rings (SSSR count). The van der Waals surface area contributed by atoms with Crippen molar-refractivity contribution in [3.05, 3.63) is 42.0 Å². The van der Waals surface area contributed by atoms with Crippen LogP contribution >= 0.6 is 0 Å². The summed E-state index contributed by atoms with van der Waals surface area (Å²) < 4.78 is 5.29. The van der Waals surface area contributed by atoms with Crippen LogP contribution in [0.3, 0.4) is 0 Å². The monoisotopic (exact) mass is 204 g/mol. The lowest BCUT2D eigenvalue weighted by Crippen LogP contribution is -2.08. The van der Waals surface area contributed by atoms with E-state index in [2.05, 4.69) is 6.58 Å². The minimum Gasteiger partial charge on any atom is -0.426 e. The van der Waals surface area contributed by atoms with E-state index in [1.54, 1.807) is 13.0 Å². The second-order valence-electron chi connectivity index (χ2n) is 3.38. The minimum atomic E-state index is -0.199. The number of para-hydroxylation sites is 1. The zero-order chi connectivity index (χ0) is 11.3. The van der Waals surface area contributed by atoms with Crippen LogP contribution in [-0.2, 0) is 11.2 Å². The maximum atomic E-state index is 11.2. The molecule has 0 saturated carbocycles. The van der Waals surface area contributed by atoms with Gasteiger partial charge < -0.3 is 4.74 Å². The second kappa shape index (κ2) is 5.35. The minimum absolute atomic E-state index is 0.199. The predicted octanol–water partition coefficient (Wildman–Crippen LogP) is 3.04. The molecule has 0 unspecified atom stereocenters. The lowest BCUT2D eigenvalue weighted by molar-refractivity contribution is -0.134. The highest BCUT2D eigenvalue weighted by Gasteiger charge is 2.09. The van der Waals surface area contributed by atoms with Crippen molar-refractivity contribution < 1.29 is 9.53 Å². The zero-order valence-corrected chi connectivity index (χ0v) is 9.25. The van der Waals surface area contributed by atoms with E-state index in [1.165, 1.54) is 0 Å². The van der Waals surface area contributed by atoms with Crippen molar-refractivity contribution in [1.29, 1.82) is 0 Å². The van der Waals surface area contributed by atoms with Crippen molar-refractivity contribution in [2.75, 3.05) is 0 Å². The summed E-state index contributed by atoms with van der Waals surface area (Å²) in [4.78, 5) is 11.2. The number of allylic oxidation sites excluding steroid dienone is 1. The number of carbonyl (C=O) groups excluding carboxylic acids is 1. The van der Waals surface area contributed by atoms with Gasteiger partial charge in [-0.15, -0.1) is 6.58 Å². The highest BCUT2D eigenvalue weighted by Crippen LogP contribution is 2.24. The van der Waals surface area contributed by atoms with Crippen molar-refractivity contribution >= 4 is 5.97 Å². The molecule has 2 nitrogen and oxygen atoms in total. The maximum absolute atomic E-state index is 11.2. The van der Waals surface area contributed by atoms with E-state index in [0.29, 0.717) is 18.6 Å². The van der Waals surface area contributed by atoms with Gasteiger partial charge in [-0.1, -0.05) is 31.2 Å². The van der Waals surface area contributed by atoms with Gasteiger partial charge in [0.05, 0.1) is 0 Å². The molecule has 2 heteroatoms. The number of rotatable bonds is 4. The molecule has 0 aliphatic rings. The Morgan fingerprint density at radius 3 is 2.87 bits per heavy atom. The molecule has 0 amide bonds. The summed E-state index contributed by atoms with van der Waals surface area (Å²) in [7, 11) is 0. The molecule has 0 fully saturated rings. The van der Waals surface area contributed by atoms with Crippen LogP contribution in [0.4, 0.5) is 0 Å². The topological polar surface area (TPSA) is 26.3 Å². The van der Waals surface area contributed by atoms with Crippen LogP contribution in [0, 0.1) is 6.92 Å². The molecule has 1 aromatic rings. The van der Waals surface area contributed by atoms with Crippen LogP contribution in [0.1, 0.15) is 24.5 Å². The first-order valence-electron chi connectivity index (χ1n) is 5.09. The maximum Gasteiger partial charge on any atom is 0.310 e. The van der Waals surface area contributed by atoms with Gasteiger partial charge in [-0.05, 0) is 24.5 Å². The highest BCUT2D eigenvalue weighted by atomic mass is 16.5. The number of benzene rings is 1. The number of hydrogen-bond donors (Lipinski definition) is 0. The lowest BCUT2D eigenvalue weighted by Gasteiger charge is -2.10. The van der Waals surface area contributed by atoms with Gasteiger partial charge in [-0.3, -0.25) is 4.79 Å². The van der Waals surface area contributed by atoms with Gasteiger partial charge in [0.2, 0.25) is 0 Å². The molecule has 80 valence electrons. The summed E-state index contributed by atoms with van der Waals surface area (Å²) >= 11 is 0. The number of aryl methyl sites for hydroxylation is 1. The van der Waals surface area contributed by atoms with Crippen molar-refractivity contribution in [1.82, 2.24) is 0 Å². The van der Waals surface area contributed by atoms with Crippen molar-refractivity contribution in [2.45, 2.75) is 26.7 Å². The summed E-state index contributed by atoms with van der Waals surface area (Å²) in [6, 6.07) is 5.84. The van der Waals surface area contributed by atoms with Crippen molar-refractivity contribution in [3.8, 4) is 5.75 Å². The predicted molar refractivity (Wildman–Crippen MR) is 61.0 cm³/mol. The molecule has 0 N–H and O–H groups in total. The van der Waals surface area contributed by atoms with Crippen molar-refractivity contribution in [2.24, 2.45) is 0 Å². The highest BCUT2D eigenvalue weighted by molar-refractivity contribution is 5.73. The van der Waals surface area contributed by atoms with E-state index in [0.717, 1.165) is 11.1 Å². The van der Waals surface area contributed by atoms with Gasteiger partial charge in [0.15, 0.2) is 0 Å². The van der Waals surface area contributed by atoms with Gasteiger partial charge in [0.1, 0.15) is 5.75 Å². The van der Waals surface area contributed by atoms with E-state index in [-0.39, 0.29) is 5.97 Å². The summed E-state index contributed by atoms with van der Waals surface area (Å²) in [6.07, 6.45) is 2.91. The van der Waals surface area contributed by atoms with Crippen LogP contribution in [-0.4, -0.2) is 5.97 Å². The van der Waals surface area contributed by atoms with Gasteiger partial charge in [0.25, 0.3) is 0 Å². The van der Waals surface area contributed by atoms with Gasteiger partial charge in [-0.25, -0.2) is 0 Å². The molecule has 0 radical (unpaired) electrons. The summed E-state index contributed by atoms with van der Waals surface area (Å²) in [5, 5.41) is 0. The molecular weight excluding hydrogens is 188 g/mol. The smallest absolute Gasteiger partial charge is 0.310 e. The fourth-order valence-electron chi connectivity index (χ4n) is 1.36. The standard InChI is InChI=1S/C13H16O2/c1-4-7-11-9-6-8-10(3)13(11)15-12(14)5-2/h4,6,8-9H,1,5,7H2,2-3H3. The molecule has 0 bridgehead atoms. The molecule has 0 aliphatic heterocycles. The van der Waals surface area contributed by atoms with Gasteiger partial charge in [-0.2, -0.15) is 0 Å². The largest absolute Gasteiger partial charge is 0.426 e. The van der Waals surface area contributed by atoms with E-state index in [4.69, 9.17) is 4.74 Å². The third kappa shape index (κ3) is 2.94. The van der Waals surface area contributed by atoms with E-state index in [1.807, 2.05) is 25.1 Å². The first kappa shape index (κ1) is 11.5.